The molecule has 0 atom stereocenters. The van der Waals surface area contributed by atoms with E-state index < -0.39 is 0 Å². The van der Waals surface area contributed by atoms with Crippen molar-refractivity contribution in [1.29, 1.82) is 0 Å². The van der Waals surface area contributed by atoms with Gasteiger partial charge >= 0.3 is 0 Å². The maximum Gasteiger partial charge on any atom is -0.00772 e. The number of allylic oxidation sites excluding steroid dienone is 1. The summed E-state index contributed by atoms with van der Waals surface area (Å²) < 4.78 is 0. The molecule has 0 heterocycles. The molecular weight excluding hydrogens is 86.1 g/mol. The van der Waals surface area contributed by atoms with Gasteiger partial charge in [-0.05, 0) is 25.8 Å². The van der Waals surface area contributed by atoms with Crippen molar-refractivity contribution in [3.63, 3.8) is 0 Å². The van der Waals surface area contributed by atoms with Gasteiger partial charge in [-0.15, -0.1) is 6.58 Å². The largest absolute Gasteiger partial charge is 0.330 e. The monoisotopic (exact) mass is 99.1 g/mol. The predicted octanol–water partition coefficient (Wildman–Crippen LogP) is 1.30. The van der Waals surface area contributed by atoms with Crippen molar-refractivity contribution in [3.8, 4) is 0 Å². The molecule has 0 aliphatic rings. The second kappa shape index (κ2) is 5.70. The lowest BCUT2D eigenvalue weighted by Crippen LogP contribution is -1.96. The maximum absolute atomic E-state index is 5.23. The van der Waals surface area contributed by atoms with Gasteiger partial charge in [0, 0.05) is 0 Å². The molecule has 0 radical (unpaired) electrons. The topological polar surface area (TPSA) is 26.0 Å². The summed E-state index contributed by atoms with van der Waals surface area (Å²) >= 11 is 0. The van der Waals surface area contributed by atoms with Gasteiger partial charge in [0.1, 0.15) is 0 Å². The van der Waals surface area contributed by atoms with E-state index in [2.05, 4.69) is 6.58 Å². The van der Waals surface area contributed by atoms with Crippen LogP contribution in [0.1, 0.15) is 19.3 Å². The lowest BCUT2D eigenvalue weighted by molar-refractivity contribution is 0.759. The first kappa shape index (κ1) is 6.70. The first-order valence-electron chi connectivity index (χ1n) is 2.72. The second-order valence-electron chi connectivity index (χ2n) is 1.57. The first-order chi connectivity index (χ1) is 3.41. The number of hydrogen-bond acceptors (Lipinski definition) is 1. The third-order valence-corrected chi connectivity index (χ3v) is 0.862. The van der Waals surface area contributed by atoms with Gasteiger partial charge in [-0.2, -0.15) is 0 Å². The molecule has 42 valence electrons. The molecule has 7 heavy (non-hydrogen) atoms. The van der Waals surface area contributed by atoms with E-state index in [1.807, 2.05) is 6.08 Å². The highest BCUT2D eigenvalue weighted by Gasteiger charge is 1.77. The van der Waals surface area contributed by atoms with Gasteiger partial charge in [-0.25, -0.2) is 0 Å². The van der Waals surface area contributed by atoms with Crippen LogP contribution in [0, 0.1) is 0 Å². The molecule has 2 N–H and O–H groups in total. The molecule has 0 aromatic carbocycles. The van der Waals surface area contributed by atoms with Crippen molar-refractivity contribution in [3.05, 3.63) is 12.7 Å². The van der Waals surface area contributed by atoms with Gasteiger partial charge in [-0.1, -0.05) is 6.08 Å². The standard InChI is InChI=1S/C6H13N/c1-2-3-4-5-6-7/h2H,1,3-7H2. The molecule has 0 bridgehead atoms. The van der Waals surface area contributed by atoms with Gasteiger partial charge in [-0.3, -0.25) is 0 Å². The fraction of sp³-hybridized carbons (Fsp3) is 0.667. The number of unbranched alkanes of at least 4 members (excludes halogenated alkanes) is 2. The minimum Gasteiger partial charge on any atom is -0.330 e. The Hall–Kier alpha value is -0.300. The van der Waals surface area contributed by atoms with Crippen molar-refractivity contribution in [2.75, 3.05) is 6.54 Å². The van der Waals surface area contributed by atoms with Crippen LogP contribution in [0.5, 0.6) is 0 Å². The third kappa shape index (κ3) is 5.70. The van der Waals surface area contributed by atoms with Gasteiger partial charge in [0.2, 0.25) is 0 Å². The molecule has 0 unspecified atom stereocenters. The minimum absolute atomic E-state index is 0.813. The van der Waals surface area contributed by atoms with Crippen LogP contribution >= 0.6 is 0 Å². The number of hydrogen-bond donors (Lipinski definition) is 1. The van der Waals surface area contributed by atoms with Crippen molar-refractivity contribution < 1.29 is 0 Å². The van der Waals surface area contributed by atoms with Crippen LogP contribution in [0.4, 0.5) is 0 Å². The Balaban J connectivity index is 2.56. The summed E-state index contributed by atoms with van der Waals surface area (Å²) in [5.41, 5.74) is 5.23. The Labute approximate surface area is 45.2 Å². The maximum atomic E-state index is 5.23. The summed E-state index contributed by atoms with van der Waals surface area (Å²) in [6, 6.07) is 0. The zero-order chi connectivity index (χ0) is 5.54. The van der Waals surface area contributed by atoms with Crippen LogP contribution in [0.15, 0.2) is 12.7 Å². The van der Waals surface area contributed by atoms with Crippen molar-refractivity contribution in [2.24, 2.45) is 5.73 Å². The molecule has 1 nitrogen and oxygen atoms in total. The van der Waals surface area contributed by atoms with Gasteiger partial charge in [0.25, 0.3) is 0 Å². The van der Waals surface area contributed by atoms with Crippen LogP contribution < -0.4 is 5.73 Å². The zero-order valence-corrected chi connectivity index (χ0v) is 4.69. The molecule has 0 amide bonds. The summed E-state index contributed by atoms with van der Waals surface area (Å²) in [6.45, 7) is 4.41. The van der Waals surface area contributed by atoms with Crippen molar-refractivity contribution in [2.45, 2.75) is 19.3 Å². The van der Waals surface area contributed by atoms with E-state index in [9.17, 15) is 0 Å². The minimum atomic E-state index is 0.813. The zero-order valence-electron chi connectivity index (χ0n) is 4.69. The van der Waals surface area contributed by atoms with Gasteiger partial charge < -0.3 is 5.73 Å². The van der Waals surface area contributed by atoms with Gasteiger partial charge in [0.15, 0.2) is 0 Å². The molecule has 0 aliphatic heterocycles. The molecule has 0 spiro atoms. The molecule has 0 saturated heterocycles. The van der Waals surface area contributed by atoms with E-state index in [-0.39, 0.29) is 0 Å². The summed E-state index contributed by atoms with van der Waals surface area (Å²) in [5.74, 6) is 0. The van der Waals surface area contributed by atoms with E-state index in [0.29, 0.717) is 0 Å². The Morgan fingerprint density at radius 2 is 2.14 bits per heavy atom. The molecule has 1 heteroatoms. The smallest absolute Gasteiger partial charge is 0.00772 e. The lowest BCUT2D eigenvalue weighted by atomic mass is 10.2. The van der Waals surface area contributed by atoms with Crippen LogP contribution in [-0.2, 0) is 0 Å². The van der Waals surface area contributed by atoms with Crippen LogP contribution in [-0.4, -0.2) is 6.54 Å². The van der Waals surface area contributed by atoms with Crippen molar-refractivity contribution in [1.82, 2.24) is 0 Å². The molecule has 0 fully saturated rings. The van der Waals surface area contributed by atoms with E-state index in [0.717, 1.165) is 19.4 Å². The van der Waals surface area contributed by atoms with E-state index in [1.165, 1.54) is 6.42 Å². The quantitative estimate of drug-likeness (QED) is 0.417. The Kier molecular flexibility index (Phi) is 5.46. The predicted molar refractivity (Wildman–Crippen MR) is 33.1 cm³/mol. The number of rotatable bonds is 4. The highest BCUT2D eigenvalue weighted by Crippen LogP contribution is 1.91. The normalized spacial score (nSPS) is 8.71. The molecule has 0 aromatic rings. The lowest BCUT2D eigenvalue weighted by Gasteiger charge is -1.88. The Morgan fingerprint density at radius 3 is 2.57 bits per heavy atom. The summed E-state index contributed by atoms with van der Waals surface area (Å²) in [7, 11) is 0. The highest BCUT2D eigenvalue weighted by molar-refractivity contribution is 4.65. The molecule has 0 saturated carbocycles. The Bertz CT molecular complexity index is 41.4. The van der Waals surface area contributed by atoms with E-state index >= 15 is 0 Å². The fourth-order valence-electron chi connectivity index (χ4n) is 0.433. The summed E-state index contributed by atoms with van der Waals surface area (Å²) in [6.07, 6.45) is 5.36. The average Bonchev–Trinajstić information content (AvgIpc) is 1.69. The molecule has 0 aliphatic carbocycles. The molecular formula is C6H13N. The Morgan fingerprint density at radius 1 is 1.43 bits per heavy atom. The van der Waals surface area contributed by atoms with Gasteiger partial charge in [0.05, 0.1) is 0 Å². The fourth-order valence-corrected chi connectivity index (χ4v) is 0.433. The average molecular weight is 99.2 g/mol. The van der Waals surface area contributed by atoms with E-state index in [1.54, 1.807) is 0 Å². The SMILES string of the molecule is C=CCCCCN. The highest BCUT2D eigenvalue weighted by atomic mass is 14.5. The molecule has 0 rings (SSSR count). The first-order valence-corrected chi connectivity index (χ1v) is 2.72. The number of nitrogens with two attached hydrogens (primary N) is 1. The van der Waals surface area contributed by atoms with Crippen LogP contribution in [0.2, 0.25) is 0 Å². The van der Waals surface area contributed by atoms with Crippen LogP contribution in [0.3, 0.4) is 0 Å². The second-order valence-corrected chi connectivity index (χ2v) is 1.57. The third-order valence-electron chi connectivity index (χ3n) is 0.862. The molecule has 0 aromatic heterocycles. The van der Waals surface area contributed by atoms with Crippen LogP contribution in [0.25, 0.3) is 0 Å². The van der Waals surface area contributed by atoms with Crippen molar-refractivity contribution >= 4 is 0 Å². The summed E-state index contributed by atoms with van der Waals surface area (Å²) in [4.78, 5) is 0. The van der Waals surface area contributed by atoms with E-state index in [4.69, 9.17) is 5.73 Å². The summed E-state index contributed by atoms with van der Waals surface area (Å²) in [5, 5.41) is 0.